The monoisotopic (exact) mass is 190 g/mol. The summed E-state index contributed by atoms with van der Waals surface area (Å²) in [5.74, 6) is -1.64. The summed E-state index contributed by atoms with van der Waals surface area (Å²) in [5.41, 5.74) is -1.12. The van der Waals surface area contributed by atoms with Gasteiger partial charge in [0, 0.05) is 0 Å². The minimum absolute atomic E-state index is 0.0693. The van der Waals surface area contributed by atoms with Crippen LogP contribution in [0.3, 0.4) is 0 Å². The Kier molecular flexibility index (Phi) is 2.45. The van der Waals surface area contributed by atoms with E-state index in [2.05, 4.69) is 0 Å². The van der Waals surface area contributed by atoms with E-state index in [0.29, 0.717) is 0 Å². The average Bonchev–Trinajstić information content (AvgIpc) is 1.96. The molecule has 0 aromatic heterocycles. The van der Waals surface area contributed by atoms with Crippen molar-refractivity contribution in [2.24, 2.45) is 0 Å². The molecule has 1 aliphatic heterocycles. The van der Waals surface area contributed by atoms with Crippen LogP contribution in [0.4, 0.5) is 0 Å². The largest absolute Gasteiger partial charge is 0.396 e. The van der Waals surface area contributed by atoms with E-state index in [1.54, 1.807) is 0 Å². The molecule has 0 spiro atoms. The maximum Gasteiger partial charge on any atom is 0.283 e. The van der Waals surface area contributed by atoms with Gasteiger partial charge < -0.3 is 19.7 Å². The van der Waals surface area contributed by atoms with Crippen LogP contribution in [0.1, 0.15) is 34.1 Å². The van der Waals surface area contributed by atoms with E-state index < -0.39 is 17.2 Å². The zero-order valence-corrected chi connectivity index (χ0v) is 8.63. The van der Waals surface area contributed by atoms with Crippen LogP contribution in [0, 0.1) is 0 Å². The molecule has 13 heavy (non-hydrogen) atoms. The Morgan fingerprint density at radius 2 is 1.38 bits per heavy atom. The summed E-state index contributed by atoms with van der Waals surface area (Å²) in [6.45, 7) is 7.23. The van der Waals surface area contributed by atoms with Crippen LogP contribution in [0.25, 0.3) is 0 Å². The highest BCUT2D eigenvalue weighted by Crippen LogP contribution is 2.43. The molecule has 4 heteroatoms. The third-order valence-electron chi connectivity index (χ3n) is 2.71. The van der Waals surface area contributed by atoms with Crippen molar-refractivity contribution in [2.75, 3.05) is 6.61 Å². The smallest absolute Gasteiger partial charge is 0.283 e. The topological polar surface area (TPSA) is 58.9 Å². The molecule has 2 N–H and O–H groups in total. The molecule has 0 aliphatic carbocycles. The molecule has 0 bridgehead atoms. The lowest BCUT2D eigenvalue weighted by molar-refractivity contribution is -0.332. The fourth-order valence-corrected chi connectivity index (χ4v) is 1.31. The first kappa shape index (κ1) is 10.9. The quantitative estimate of drug-likeness (QED) is 0.670. The molecule has 0 unspecified atom stereocenters. The van der Waals surface area contributed by atoms with Gasteiger partial charge in [0.15, 0.2) is 0 Å². The summed E-state index contributed by atoms with van der Waals surface area (Å²) < 4.78 is 10.7. The fourth-order valence-electron chi connectivity index (χ4n) is 1.31. The molecule has 4 nitrogen and oxygen atoms in total. The molecular formula is C9H18O4. The molecule has 1 saturated heterocycles. The average molecular weight is 190 g/mol. The molecule has 0 aromatic carbocycles. The maximum atomic E-state index is 9.76. The van der Waals surface area contributed by atoms with Gasteiger partial charge in [0.1, 0.15) is 0 Å². The van der Waals surface area contributed by atoms with Crippen molar-refractivity contribution >= 4 is 0 Å². The first-order valence-corrected chi connectivity index (χ1v) is 4.46. The van der Waals surface area contributed by atoms with E-state index in [1.807, 2.05) is 27.7 Å². The number of aliphatic hydroxyl groups is 2. The van der Waals surface area contributed by atoms with Crippen molar-refractivity contribution < 1.29 is 19.7 Å². The predicted octanol–water partition coefficient (Wildman–Crippen LogP) is 0.619. The predicted molar refractivity (Wildman–Crippen MR) is 47.0 cm³/mol. The van der Waals surface area contributed by atoms with Crippen LogP contribution in [0.2, 0.25) is 0 Å². The Balaban J connectivity index is 2.80. The van der Waals surface area contributed by atoms with Crippen molar-refractivity contribution in [3.05, 3.63) is 0 Å². The molecule has 0 atom stereocenters. The third kappa shape index (κ3) is 1.86. The zero-order valence-electron chi connectivity index (χ0n) is 8.63. The standard InChI is InChI=1S/C9H18O4/c1-7(2)8(3,4)13-9(11,12-7)5-6-10/h10-11H,5-6H2,1-4H3. The molecule has 1 heterocycles. The minimum atomic E-state index is -1.64. The van der Waals surface area contributed by atoms with Gasteiger partial charge >= 0.3 is 0 Å². The Bertz CT molecular complexity index is 182. The van der Waals surface area contributed by atoms with E-state index in [4.69, 9.17) is 14.6 Å². The van der Waals surface area contributed by atoms with Crippen molar-refractivity contribution in [2.45, 2.75) is 51.3 Å². The second-order valence-electron chi connectivity index (χ2n) is 4.41. The van der Waals surface area contributed by atoms with Gasteiger partial charge in [-0.15, -0.1) is 0 Å². The Morgan fingerprint density at radius 1 is 1.00 bits per heavy atom. The van der Waals surface area contributed by atoms with E-state index in [-0.39, 0.29) is 13.0 Å². The highest BCUT2D eigenvalue weighted by Gasteiger charge is 2.56. The molecule has 1 rings (SSSR count). The number of ether oxygens (including phenoxy) is 2. The molecule has 1 fully saturated rings. The summed E-state index contributed by atoms with van der Waals surface area (Å²) in [7, 11) is 0. The highest BCUT2D eigenvalue weighted by molar-refractivity contribution is 4.96. The minimum Gasteiger partial charge on any atom is -0.396 e. The second kappa shape index (κ2) is 2.92. The van der Waals surface area contributed by atoms with Gasteiger partial charge in [0.2, 0.25) is 0 Å². The second-order valence-corrected chi connectivity index (χ2v) is 4.41. The maximum absolute atomic E-state index is 9.76. The normalized spacial score (nSPS) is 29.1. The van der Waals surface area contributed by atoms with E-state index >= 15 is 0 Å². The number of aliphatic hydroxyl groups excluding tert-OH is 1. The molecular weight excluding hydrogens is 172 g/mol. The van der Waals surface area contributed by atoms with Gasteiger partial charge in [-0.05, 0) is 27.7 Å². The van der Waals surface area contributed by atoms with Gasteiger partial charge in [-0.1, -0.05) is 0 Å². The summed E-state index contributed by atoms with van der Waals surface area (Å²) in [4.78, 5) is 0. The highest BCUT2D eigenvalue weighted by atomic mass is 16.9. The first-order chi connectivity index (χ1) is 5.72. The van der Waals surface area contributed by atoms with Crippen LogP contribution in [0.5, 0.6) is 0 Å². The Hall–Kier alpha value is -0.160. The summed E-state index contributed by atoms with van der Waals surface area (Å²) in [5, 5.41) is 18.5. The first-order valence-electron chi connectivity index (χ1n) is 4.46. The molecule has 0 radical (unpaired) electrons. The van der Waals surface area contributed by atoms with Gasteiger partial charge in [-0.3, -0.25) is 0 Å². The zero-order chi connectivity index (χ0) is 10.3. The van der Waals surface area contributed by atoms with E-state index in [1.165, 1.54) is 0 Å². The van der Waals surface area contributed by atoms with Crippen molar-refractivity contribution in [3.8, 4) is 0 Å². The van der Waals surface area contributed by atoms with Gasteiger partial charge in [0.25, 0.3) is 5.97 Å². The van der Waals surface area contributed by atoms with E-state index in [9.17, 15) is 5.11 Å². The number of rotatable bonds is 2. The number of hydrogen-bond donors (Lipinski definition) is 2. The third-order valence-corrected chi connectivity index (χ3v) is 2.71. The van der Waals surface area contributed by atoms with Gasteiger partial charge in [-0.25, -0.2) is 0 Å². The van der Waals surface area contributed by atoms with Crippen molar-refractivity contribution in [1.29, 1.82) is 0 Å². The Labute approximate surface area is 78.5 Å². The number of hydrogen-bond acceptors (Lipinski definition) is 4. The van der Waals surface area contributed by atoms with Crippen LogP contribution < -0.4 is 0 Å². The van der Waals surface area contributed by atoms with Crippen LogP contribution in [-0.2, 0) is 9.47 Å². The summed E-state index contributed by atoms with van der Waals surface area (Å²) >= 11 is 0. The van der Waals surface area contributed by atoms with Crippen LogP contribution >= 0.6 is 0 Å². The van der Waals surface area contributed by atoms with Gasteiger partial charge in [-0.2, -0.15) is 0 Å². The lowest BCUT2D eigenvalue weighted by Gasteiger charge is -2.29. The van der Waals surface area contributed by atoms with E-state index in [0.717, 1.165) is 0 Å². The van der Waals surface area contributed by atoms with Crippen molar-refractivity contribution in [1.82, 2.24) is 0 Å². The van der Waals surface area contributed by atoms with Crippen molar-refractivity contribution in [3.63, 3.8) is 0 Å². The lowest BCUT2D eigenvalue weighted by Crippen LogP contribution is -2.41. The van der Waals surface area contributed by atoms with Crippen LogP contribution in [0.15, 0.2) is 0 Å². The lowest BCUT2D eigenvalue weighted by atomic mass is 9.90. The molecule has 78 valence electrons. The summed E-state index contributed by atoms with van der Waals surface area (Å²) in [6, 6.07) is 0. The molecule has 0 aromatic rings. The van der Waals surface area contributed by atoms with Crippen LogP contribution in [-0.4, -0.2) is 34.0 Å². The molecule has 1 aliphatic rings. The van der Waals surface area contributed by atoms with Gasteiger partial charge in [0.05, 0.1) is 24.2 Å². The molecule has 0 saturated carbocycles. The SMILES string of the molecule is CC1(C)OC(O)(CCO)OC1(C)C. The Morgan fingerprint density at radius 3 is 1.69 bits per heavy atom. The summed E-state index contributed by atoms with van der Waals surface area (Å²) in [6.07, 6.45) is 0.0693. The molecule has 0 amide bonds. The fraction of sp³-hybridized carbons (Fsp3) is 1.00.